The van der Waals surface area contributed by atoms with Gasteiger partial charge in [0, 0.05) is 0 Å². The van der Waals surface area contributed by atoms with E-state index in [1.807, 2.05) is 0 Å². The molecule has 0 rings (SSSR count). The van der Waals surface area contributed by atoms with Gasteiger partial charge >= 0.3 is 0 Å². The Morgan fingerprint density at radius 1 is 0.692 bits per heavy atom. The number of rotatable bonds is 6. The molecule has 0 aliphatic carbocycles. The van der Waals surface area contributed by atoms with Crippen LogP contribution in [0.2, 0.25) is 0 Å². The second-order valence-corrected chi connectivity index (χ2v) is 3.84. The van der Waals surface area contributed by atoms with E-state index in [0.717, 1.165) is 26.2 Å². The van der Waals surface area contributed by atoms with Crippen molar-refractivity contribution in [3.8, 4) is 0 Å². The molecule has 0 spiro atoms. The maximum atomic E-state index is 2.50. The first-order valence-electron chi connectivity index (χ1n) is 5.54. The molecule has 0 saturated heterocycles. The minimum atomic E-state index is 0.201. The van der Waals surface area contributed by atoms with Crippen LogP contribution in [0.4, 0.5) is 0 Å². The summed E-state index contributed by atoms with van der Waals surface area (Å²) < 4.78 is 0. The zero-order valence-electron chi connectivity index (χ0n) is 10.2. The predicted molar refractivity (Wildman–Crippen MR) is 59.9 cm³/mol. The summed E-state index contributed by atoms with van der Waals surface area (Å²) >= 11 is 0. The molecule has 0 fully saturated rings. The Morgan fingerprint density at radius 2 is 0.923 bits per heavy atom. The second-order valence-electron chi connectivity index (χ2n) is 3.84. The topological polar surface area (TPSA) is 6.48 Å². The Balaban J connectivity index is 4.48. The fraction of sp³-hybridized carbons (Fsp3) is 1.00. The molecule has 0 unspecified atom stereocenters. The van der Waals surface area contributed by atoms with Gasteiger partial charge < -0.3 is 0 Å². The van der Waals surface area contributed by atoms with Crippen LogP contribution in [0, 0.1) is 0 Å². The molecule has 0 aromatic rings. The van der Waals surface area contributed by atoms with Crippen LogP contribution in [0.25, 0.3) is 0 Å². The zero-order chi connectivity index (χ0) is 10.5. The second kappa shape index (κ2) is 5.61. The van der Waals surface area contributed by atoms with Crippen molar-refractivity contribution < 1.29 is 0 Å². The van der Waals surface area contributed by atoms with Crippen LogP contribution in [0.5, 0.6) is 0 Å². The monoisotopic (exact) mass is 186 g/mol. The van der Waals surface area contributed by atoms with Crippen molar-refractivity contribution >= 4 is 0 Å². The largest absolute Gasteiger partial charge is 0.286 e. The van der Waals surface area contributed by atoms with E-state index in [2.05, 4.69) is 51.3 Å². The predicted octanol–water partition coefficient (Wildman–Crippen LogP) is 2.41. The van der Waals surface area contributed by atoms with Crippen LogP contribution in [0.15, 0.2) is 0 Å². The van der Waals surface area contributed by atoms with E-state index >= 15 is 0 Å². The summed E-state index contributed by atoms with van der Waals surface area (Å²) in [5, 5.41) is 0. The zero-order valence-corrected chi connectivity index (χ0v) is 10.2. The first-order valence-corrected chi connectivity index (χ1v) is 5.54. The van der Waals surface area contributed by atoms with Crippen LogP contribution in [-0.4, -0.2) is 41.6 Å². The van der Waals surface area contributed by atoms with E-state index in [-0.39, 0.29) is 5.66 Å². The lowest BCUT2D eigenvalue weighted by Gasteiger charge is -2.45. The molecular formula is C11H26N2. The highest BCUT2D eigenvalue weighted by Crippen LogP contribution is 2.18. The Hall–Kier alpha value is -0.0800. The van der Waals surface area contributed by atoms with Crippen molar-refractivity contribution in [2.24, 2.45) is 0 Å². The third kappa shape index (κ3) is 2.96. The number of nitrogens with zero attached hydrogens (tertiary/aromatic N) is 2. The Labute approximate surface area is 83.9 Å². The first-order chi connectivity index (χ1) is 6.04. The van der Waals surface area contributed by atoms with Gasteiger partial charge in [0.25, 0.3) is 0 Å². The molecule has 2 nitrogen and oxygen atoms in total. The molecule has 0 aromatic carbocycles. The highest BCUT2D eigenvalue weighted by molar-refractivity contribution is 4.79. The molecule has 0 aromatic heterocycles. The SMILES string of the molecule is CCN(CC)C(C)(C)N(CC)CC. The van der Waals surface area contributed by atoms with E-state index in [1.54, 1.807) is 0 Å². The van der Waals surface area contributed by atoms with E-state index in [9.17, 15) is 0 Å². The molecule has 0 amide bonds. The first kappa shape index (κ1) is 12.9. The summed E-state index contributed by atoms with van der Waals surface area (Å²) in [6.45, 7) is 18.0. The fourth-order valence-electron chi connectivity index (χ4n) is 2.19. The third-order valence-electron chi connectivity index (χ3n) is 3.07. The van der Waals surface area contributed by atoms with Crippen molar-refractivity contribution in [1.82, 2.24) is 9.80 Å². The molecule has 0 N–H and O–H groups in total. The van der Waals surface area contributed by atoms with Crippen LogP contribution in [-0.2, 0) is 0 Å². The minimum Gasteiger partial charge on any atom is -0.286 e. The molecule has 0 atom stereocenters. The molecule has 2 heteroatoms. The van der Waals surface area contributed by atoms with Crippen molar-refractivity contribution in [2.45, 2.75) is 47.2 Å². The van der Waals surface area contributed by atoms with Gasteiger partial charge in [-0.3, -0.25) is 9.80 Å². The quantitative estimate of drug-likeness (QED) is 0.588. The van der Waals surface area contributed by atoms with Gasteiger partial charge in [-0.15, -0.1) is 0 Å². The summed E-state index contributed by atoms with van der Waals surface area (Å²) in [5.74, 6) is 0. The van der Waals surface area contributed by atoms with Gasteiger partial charge in [0.05, 0.1) is 5.66 Å². The average molecular weight is 186 g/mol. The molecule has 0 bridgehead atoms. The molecule has 80 valence electrons. The van der Waals surface area contributed by atoms with Crippen molar-refractivity contribution in [2.75, 3.05) is 26.2 Å². The summed E-state index contributed by atoms with van der Waals surface area (Å²) in [4.78, 5) is 5.00. The normalized spacial score (nSPS) is 12.9. The van der Waals surface area contributed by atoms with Gasteiger partial charge in [-0.2, -0.15) is 0 Å². The molecule has 0 heterocycles. The van der Waals surface area contributed by atoms with E-state index in [0.29, 0.717) is 0 Å². The van der Waals surface area contributed by atoms with E-state index in [4.69, 9.17) is 0 Å². The van der Waals surface area contributed by atoms with E-state index in [1.165, 1.54) is 0 Å². The Bertz CT molecular complexity index is 110. The van der Waals surface area contributed by atoms with Crippen LogP contribution in [0.3, 0.4) is 0 Å². The maximum Gasteiger partial charge on any atom is 0.0679 e. The summed E-state index contributed by atoms with van der Waals surface area (Å²) in [5.41, 5.74) is 0.201. The lowest BCUT2D eigenvalue weighted by Crippen LogP contribution is -2.56. The highest BCUT2D eigenvalue weighted by atomic mass is 15.4. The Morgan fingerprint density at radius 3 is 1.08 bits per heavy atom. The lowest BCUT2D eigenvalue weighted by atomic mass is 10.1. The molecule has 0 aliphatic rings. The molecule has 0 saturated carbocycles. The van der Waals surface area contributed by atoms with Crippen molar-refractivity contribution in [1.29, 1.82) is 0 Å². The molecule has 0 aliphatic heterocycles. The summed E-state index contributed by atoms with van der Waals surface area (Å²) in [6.07, 6.45) is 0. The van der Waals surface area contributed by atoms with E-state index < -0.39 is 0 Å². The average Bonchev–Trinajstić information content (AvgIpc) is 2.07. The van der Waals surface area contributed by atoms with Gasteiger partial charge in [-0.1, -0.05) is 27.7 Å². The lowest BCUT2D eigenvalue weighted by molar-refractivity contribution is -0.0204. The van der Waals surface area contributed by atoms with Gasteiger partial charge in [0.1, 0.15) is 0 Å². The number of hydrogen-bond acceptors (Lipinski definition) is 2. The van der Waals surface area contributed by atoms with Gasteiger partial charge in [-0.25, -0.2) is 0 Å². The van der Waals surface area contributed by atoms with Crippen molar-refractivity contribution in [3.63, 3.8) is 0 Å². The minimum absolute atomic E-state index is 0.201. The third-order valence-corrected chi connectivity index (χ3v) is 3.07. The highest BCUT2D eigenvalue weighted by Gasteiger charge is 2.29. The smallest absolute Gasteiger partial charge is 0.0679 e. The van der Waals surface area contributed by atoms with Gasteiger partial charge in [0.15, 0.2) is 0 Å². The van der Waals surface area contributed by atoms with Gasteiger partial charge in [-0.05, 0) is 40.0 Å². The standard InChI is InChI=1S/C11H26N2/c1-7-12(8-2)11(5,6)13(9-3)10-4/h7-10H2,1-6H3. The fourth-order valence-corrected chi connectivity index (χ4v) is 2.19. The maximum absolute atomic E-state index is 2.50. The Kier molecular flexibility index (Phi) is 5.57. The number of hydrogen-bond donors (Lipinski definition) is 0. The van der Waals surface area contributed by atoms with Crippen LogP contribution in [0.1, 0.15) is 41.5 Å². The van der Waals surface area contributed by atoms with Crippen molar-refractivity contribution in [3.05, 3.63) is 0 Å². The van der Waals surface area contributed by atoms with Crippen LogP contribution >= 0.6 is 0 Å². The van der Waals surface area contributed by atoms with Gasteiger partial charge in [0.2, 0.25) is 0 Å². The summed E-state index contributed by atoms with van der Waals surface area (Å²) in [6, 6.07) is 0. The van der Waals surface area contributed by atoms with Crippen LogP contribution < -0.4 is 0 Å². The molecule has 13 heavy (non-hydrogen) atoms. The summed E-state index contributed by atoms with van der Waals surface area (Å²) in [7, 11) is 0. The molecular weight excluding hydrogens is 160 g/mol. The molecule has 0 radical (unpaired) electrons.